The van der Waals surface area contributed by atoms with E-state index in [9.17, 15) is 0 Å². The van der Waals surface area contributed by atoms with Crippen LogP contribution < -0.4 is 5.32 Å². The molecular weight excluding hydrogens is 174 g/mol. The van der Waals surface area contributed by atoms with Gasteiger partial charge in [0.1, 0.15) is 5.69 Å². The molecule has 0 saturated heterocycles. The second-order valence-electron chi connectivity index (χ2n) is 3.72. The van der Waals surface area contributed by atoms with Crippen molar-refractivity contribution in [1.82, 2.24) is 4.98 Å². The quantitative estimate of drug-likeness (QED) is 0.746. The highest BCUT2D eigenvalue weighted by molar-refractivity contribution is 5.65. The maximum Gasteiger partial charge on any atom is 0.152 e. The Bertz CT molecular complexity index is 343. The van der Waals surface area contributed by atoms with Gasteiger partial charge in [-0.1, -0.05) is 0 Å². The molecule has 0 bridgehead atoms. The standard InChI is InChI=1S/C11H17N3/c1-7(2)13-11-10(12-5)6-8(3)9(4)14-11/h6-7H,5H2,1-4H3,(H,13,14). The van der Waals surface area contributed by atoms with Crippen molar-refractivity contribution in [2.45, 2.75) is 33.7 Å². The van der Waals surface area contributed by atoms with Crippen LogP contribution in [0.4, 0.5) is 11.5 Å². The monoisotopic (exact) mass is 191 g/mol. The second-order valence-corrected chi connectivity index (χ2v) is 3.72. The second kappa shape index (κ2) is 4.22. The van der Waals surface area contributed by atoms with Crippen LogP contribution in [0.5, 0.6) is 0 Å². The van der Waals surface area contributed by atoms with E-state index in [1.54, 1.807) is 0 Å². The molecule has 1 aromatic heterocycles. The van der Waals surface area contributed by atoms with E-state index in [1.807, 2.05) is 19.9 Å². The maximum absolute atomic E-state index is 4.44. The Labute approximate surface area is 85.3 Å². The van der Waals surface area contributed by atoms with Gasteiger partial charge in [0.25, 0.3) is 0 Å². The molecular formula is C11H17N3. The lowest BCUT2D eigenvalue weighted by atomic mass is 10.2. The number of aliphatic imine (C=N–C) groups is 1. The van der Waals surface area contributed by atoms with Crippen LogP contribution in [0.1, 0.15) is 25.1 Å². The number of hydrogen-bond donors (Lipinski definition) is 1. The number of nitrogens with zero attached hydrogens (tertiary/aromatic N) is 2. The molecule has 3 nitrogen and oxygen atoms in total. The summed E-state index contributed by atoms with van der Waals surface area (Å²) >= 11 is 0. The molecule has 0 fully saturated rings. The zero-order valence-corrected chi connectivity index (χ0v) is 9.26. The number of rotatable bonds is 3. The largest absolute Gasteiger partial charge is 0.366 e. The van der Waals surface area contributed by atoms with Crippen LogP contribution in [0.25, 0.3) is 0 Å². The highest BCUT2D eigenvalue weighted by atomic mass is 15.0. The Hall–Kier alpha value is -1.38. The van der Waals surface area contributed by atoms with Gasteiger partial charge in [-0.15, -0.1) is 0 Å². The van der Waals surface area contributed by atoms with Crippen LogP contribution in [-0.2, 0) is 0 Å². The van der Waals surface area contributed by atoms with E-state index in [1.165, 1.54) is 0 Å². The Morgan fingerprint density at radius 2 is 2.07 bits per heavy atom. The first-order valence-electron chi connectivity index (χ1n) is 4.76. The highest BCUT2D eigenvalue weighted by Gasteiger charge is 2.06. The molecule has 0 amide bonds. The van der Waals surface area contributed by atoms with E-state index in [2.05, 4.69) is 35.9 Å². The summed E-state index contributed by atoms with van der Waals surface area (Å²) in [7, 11) is 0. The van der Waals surface area contributed by atoms with E-state index in [0.29, 0.717) is 6.04 Å². The molecule has 0 aliphatic heterocycles. The number of anilines is 1. The molecule has 0 saturated carbocycles. The lowest BCUT2D eigenvalue weighted by Crippen LogP contribution is -2.11. The van der Waals surface area contributed by atoms with E-state index in [-0.39, 0.29) is 0 Å². The van der Waals surface area contributed by atoms with E-state index >= 15 is 0 Å². The Morgan fingerprint density at radius 3 is 2.57 bits per heavy atom. The van der Waals surface area contributed by atoms with Crippen molar-refractivity contribution in [1.29, 1.82) is 0 Å². The van der Waals surface area contributed by atoms with Crippen LogP contribution in [0.15, 0.2) is 11.1 Å². The van der Waals surface area contributed by atoms with Gasteiger partial charge in [0, 0.05) is 11.7 Å². The smallest absolute Gasteiger partial charge is 0.152 e. The average molecular weight is 191 g/mol. The number of aromatic nitrogens is 1. The normalized spacial score (nSPS) is 10.4. The Kier molecular flexibility index (Phi) is 3.23. The van der Waals surface area contributed by atoms with Crippen LogP contribution in [0, 0.1) is 13.8 Å². The van der Waals surface area contributed by atoms with Crippen LogP contribution in [-0.4, -0.2) is 17.7 Å². The summed E-state index contributed by atoms with van der Waals surface area (Å²) in [6, 6.07) is 2.35. The van der Waals surface area contributed by atoms with Gasteiger partial charge < -0.3 is 5.32 Å². The van der Waals surface area contributed by atoms with Gasteiger partial charge in [-0.05, 0) is 46.0 Å². The maximum atomic E-state index is 4.44. The van der Waals surface area contributed by atoms with E-state index in [4.69, 9.17) is 0 Å². The molecule has 76 valence electrons. The lowest BCUT2D eigenvalue weighted by molar-refractivity contribution is 0.886. The minimum absolute atomic E-state index is 0.352. The minimum atomic E-state index is 0.352. The van der Waals surface area contributed by atoms with Crippen molar-refractivity contribution in [2.75, 3.05) is 5.32 Å². The number of pyridine rings is 1. The van der Waals surface area contributed by atoms with Crippen molar-refractivity contribution in [3.05, 3.63) is 17.3 Å². The van der Waals surface area contributed by atoms with E-state index in [0.717, 1.165) is 22.8 Å². The van der Waals surface area contributed by atoms with Crippen molar-refractivity contribution in [2.24, 2.45) is 4.99 Å². The van der Waals surface area contributed by atoms with Gasteiger partial charge in [-0.3, -0.25) is 4.99 Å². The first kappa shape index (κ1) is 10.7. The summed E-state index contributed by atoms with van der Waals surface area (Å²) in [6.07, 6.45) is 0. The molecule has 14 heavy (non-hydrogen) atoms. The molecule has 3 heteroatoms. The third-order valence-electron chi connectivity index (χ3n) is 2.04. The zero-order chi connectivity index (χ0) is 10.7. The fourth-order valence-corrected chi connectivity index (χ4v) is 1.19. The summed E-state index contributed by atoms with van der Waals surface area (Å²) in [5.74, 6) is 0.818. The highest BCUT2D eigenvalue weighted by Crippen LogP contribution is 2.25. The third kappa shape index (κ3) is 2.31. The molecule has 0 spiro atoms. The predicted molar refractivity (Wildman–Crippen MR) is 61.7 cm³/mol. The van der Waals surface area contributed by atoms with Gasteiger partial charge in [0.15, 0.2) is 5.82 Å². The predicted octanol–water partition coefficient (Wildman–Crippen LogP) is 2.85. The molecule has 1 heterocycles. The number of hydrogen-bond acceptors (Lipinski definition) is 3. The van der Waals surface area contributed by atoms with Gasteiger partial charge in [0.05, 0.1) is 0 Å². The lowest BCUT2D eigenvalue weighted by Gasteiger charge is -2.13. The zero-order valence-electron chi connectivity index (χ0n) is 9.26. The summed E-state index contributed by atoms with van der Waals surface area (Å²) in [5, 5.41) is 3.25. The molecule has 1 rings (SSSR count). The summed E-state index contributed by atoms with van der Waals surface area (Å²) < 4.78 is 0. The first-order chi connectivity index (χ1) is 6.54. The van der Waals surface area contributed by atoms with Crippen molar-refractivity contribution in [3.63, 3.8) is 0 Å². The summed E-state index contributed by atoms with van der Waals surface area (Å²) in [6.45, 7) is 11.7. The van der Waals surface area contributed by atoms with Crippen molar-refractivity contribution < 1.29 is 0 Å². The molecule has 0 radical (unpaired) electrons. The van der Waals surface area contributed by atoms with Gasteiger partial charge in [-0.25, -0.2) is 4.98 Å². The molecule has 1 N–H and O–H groups in total. The van der Waals surface area contributed by atoms with Crippen LogP contribution in [0.2, 0.25) is 0 Å². The number of nitrogens with one attached hydrogen (secondary N) is 1. The average Bonchev–Trinajstić information content (AvgIpc) is 2.10. The van der Waals surface area contributed by atoms with E-state index < -0.39 is 0 Å². The molecule has 0 unspecified atom stereocenters. The van der Waals surface area contributed by atoms with Gasteiger partial charge in [0.2, 0.25) is 0 Å². The molecule has 0 aliphatic rings. The van der Waals surface area contributed by atoms with Crippen molar-refractivity contribution in [3.8, 4) is 0 Å². The Balaban J connectivity index is 3.13. The first-order valence-corrected chi connectivity index (χ1v) is 4.76. The fraction of sp³-hybridized carbons (Fsp3) is 0.455. The minimum Gasteiger partial charge on any atom is -0.366 e. The Morgan fingerprint density at radius 1 is 1.43 bits per heavy atom. The summed E-state index contributed by atoms with van der Waals surface area (Å²) in [4.78, 5) is 8.39. The van der Waals surface area contributed by atoms with Gasteiger partial charge in [-0.2, -0.15) is 0 Å². The summed E-state index contributed by atoms with van der Waals surface area (Å²) in [5.41, 5.74) is 2.99. The topological polar surface area (TPSA) is 37.3 Å². The SMILES string of the molecule is C=Nc1cc(C)c(C)nc1NC(C)C. The molecule has 0 aliphatic carbocycles. The van der Waals surface area contributed by atoms with Crippen LogP contribution >= 0.6 is 0 Å². The third-order valence-corrected chi connectivity index (χ3v) is 2.04. The molecule has 1 aromatic rings. The number of aryl methyl sites for hydroxylation is 2. The van der Waals surface area contributed by atoms with Crippen molar-refractivity contribution >= 4 is 18.2 Å². The fourth-order valence-electron chi connectivity index (χ4n) is 1.19. The van der Waals surface area contributed by atoms with Gasteiger partial charge >= 0.3 is 0 Å². The molecule has 0 aromatic carbocycles. The van der Waals surface area contributed by atoms with Crippen LogP contribution in [0.3, 0.4) is 0 Å². The molecule has 0 atom stereocenters.